The Morgan fingerprint density at radius 3 is 2.52 bits per heavy atom. The molecular formula is C22H29N3O5S. The number of sulfonamides is 1. The van der Waals surface area contributed by atoms with Gasteiger partial charge in [0.15, 0.2) is 0 Å². The molecule has 2 aromatic carbocycles. The van der Waals surface area contributed by atoms with Gasteiger partial charge in [-0.15, -0.1) is 0 Å². The quantitative estimate of drug-likeness (QED) is 0.614. The molecule has 0 saturated carbocycles. The molecule has 0 bridgehead atoms. The summed E-state index contributed by atoms with van der Waals surface area (Å²) in [4.78, 5) is 14.7. The number of methoxy groups -OCH3 is 1. The maximum Gasteiger partial charge on any atom is 0.255 e. The van der Waals surface area contributed by atoms with Crippen LogP contribution in [-0.4, -0.2) is 64.9 Å². The van der Waals surface area contributed by atoms with Gasteiger partial charge in [0.25, 0.3) is 5.91 Å². The fraction of sp³-hybridized carbons (Fsp3) is 0.409. The van der Waals surface area contributed by atoms with Crippen molar-refractivity contribution in [1.82, 2.24) is 4.90 Å². The number of nitrogens with one attached hydrogen (secondary N) is 2. The van der Waals surface area contributed by atoms with Crippen LogP contribution in [0.3, 0.4) is 0 Å². The van der Waals surface area contributed by atoms with E-state index in [0.717, 1.165) is 18.7 Å². The predicted octanol–water partition coefficient (Wildman–Crippen LogP) is 2.72. The minimum atomic E-state index is -3.54. The molecule has 1 saturated heterocycles. The van der Waals surface area contributed by atoms with Gasteiger partial charge >= 0.3 is 0 Å². The Bertz CT molecular complexity index is 990. The van der Waals surface area contributed by atoms with Crippen LogP contribution in [0.15, 0.2) is 42.5 Å². The third-order valence-electron chi connectivity index (χ3n) is 5.09. The lowest BCUT2D eigenvalue weighted by molar-refractivity contribution is 0.0381. The van der Waals surface area contributed by atoms with Crippen molar-refractivity contribution in [1.29, 1.82) is 0 Å². The fourth-order valence-electron chi connectivity index (χ4n) is 3.38. The number of morpholine rings is 1. The number of ether oxygens (including phenoxy) is 2. The number of hydrogen-bond acceptors (Lipinski definition) is 6. The van der Waals surface area contributed by atoms with Gasteiger partial charge in [0.2, 0.25) is 10.0 Å². The first kappa shape index (κ1) is 23.1. The molecule has 0 radical (unpaired) electrons. The van der Waals surface area contributed by atoms with Crippen molar-refractivity contribution in [3.63, 3.8) is 0 Å². The van der Waals surface area contributed by atoms with Crippen LogP contribution in [0.5, 0.6) is 5.75 Å². The van der Waals surface area contributed by atoms with Gasteiger partial charge in [-0.2, -0.15) is 0 Å². The Balaban J connectivity index is 1.65. The summed E-state index contributed by atoms with van der Waals surface area (Å²) >= 11 is 0. The maximum absolute atomic E-state index is 12.6. The zero-order chi connectivity index (χ0) is 22.3. The van der Waals surface area contributed by atoms with Crippen molar-refractivity contribution in [2.24, 2.45) is 0 Å². The van der Waals surface area contributed by atoms with Crippen LogP contribution in [0, 0.1) is 6.92 Å². The first-order valence-electron chi connectivity index (χ1n) is 10.2. The Morgan fingerprint density at radius 1 is 1.13 bits per heavy atom. The molecule has 2 N–H and O–H groups in total. The number of carbonyl (C=O) groups excluding carboxylic acids is 1. The largest absolute Gasteiger partial charge is 0.494 e. The fourth-order valence-corrected chi connectivity index (χ4v) is 4.48. The van der Waals surface area contributed by atoms with E-state index in [2.05, 4.69) is 14.9 Å². The van der Waals surface area contributed by atoms with Crippen LogP contribution in [0.2, 0.25) is 0 Å². The van der Waals surface area contributed by atoms with E-state index < -0.39 is 10.0 Å². The van der Waals surface area contributed by atoms with Gasteiger partial charge in [0.1, 0.15) is 5.75 Å². The Hall–Kier alpha value is -2.62. The Kier molecular flexibility index (Phi) is 7.89. The second kappa shape index (κ2) is 10.6. The third-order valence-corrected chi connectivity index (χ3v) is 6.44. The molecule has 3 rings (SSSR count). The second-order valence-electron chi connectivity index (χ2n) is 7.42. The van der Waals surface area contributed by atoms with E-state index in [1.54, 1.807) is 43.3 Å². The summed E-state index contributed by atoms with van der Waals surface area (Å²) in [5.74, 6) is 0.104. The molecule has 1 heterocycles. The van der Waals surface area contributed by atoms with E-state index >= 15 is 0 Å². The minimum absolute atomic E-state index is 0.0129. The zero-order valence-electron chi connectivity index (χ0n) is 17.9. The zero-order valence-corrected chi connectivity index (χ0v) is 18.7. The molecular weight excluding hydrogens is 418 g/mol. The van der Waals surface area contributed by atoms with Crippen molar-refractivity contribution >= 4 is 27.3 Å². The van der Waals surface area contributed by atoms with E-state index in [1.165, 1.54) is 7.11 Å². The number of hydrogen-bond donors (Lipinski definition) is 2. The SMILES string of the molecule is COc1cc(NC(=O)c2ccccc2)c(C)cc1NS(=O)(=O)CCCN1CCOCC1. The number of benzene rings is 2. The maximum atomic E-state index is 12.6. The predicted molar refractivity (Wildman–Crippen MR) is 121 cm³/mol. The van der Waals surface area contributed by atoms with Crippen molar-refractivity contribution in [3.05, 3.63) is 53.6 Å². The molecule has 168 valence electrons. The van der Waals surface area contributed by atoms with E-state index in [4.69, 9.17) is 9.47 Å². The molecule has 1 aliphatic rings. The molecule has 0 aliphatic carbocycles. The first-order chi connectivity index (χ1) is 14.9. The topological polar surface area (TPSA) is 97.0 Å². The van der Waals surface area contributed by atoms with Gasteiger partial charge in [-0.05, 0) is 43.7 Å². The van der Waals surface area contributed by atoms with Crippen LogP contribution < -0.4 is 14.8 Å². The molecule has 0 atom stereocenters. The van der Waals surface area contributed by atoms with E-state index in [0.29, 0.717) is 48.9 Å². The minimum Gasteiger partial charge on any atom is -0.494 e. The lowest BCUT2D eigenvalue weighted by atomic mass is 10.1. The van der Waals surface area contributed by atoms with E-state index in [9.17, 15) is 13.2 Å². The highest BCUT2D eigenvalue weighted by Crippen LogP contribution is 2.32. The smallest absolute Gasteiger partial charge is 0.255 e. The second-order valence-corrected chi connectivity index (χ2v) is 9.26. The molecule has 9 heteroatoms. The average Bonchev–Trinajstić information content (AvgIpc) is 2.76. The molecule has 1 fully saturated rings. The average molecular weight is 448 g/mol. The summed E-state index contributed by atoms with van der Waals surface area (Å²) in [5, 5.41) is 2.85. The highest BCUT2D eigenvalue weighted by atomic mass is 32.2. The Labute approximate surface area is 183 Å². The third kappa shape index (κ3) is 6.68. The highest BCUT2D eigenvalue weighted by Gasteiger charge is 2.18. The van der Waals surface area contributed by atoms with Gasteiger partial charge in [0, 0.05) is 30.4 Å². The molecule has 0 aromatic heterocycles. The lowest BCUT2D eigenvalue weighted by Crippen LogP contribution is -2.37. The monoisotopic (exact) mass is 447 g/mol. The van der Waals surface area contributed by atoms with Crippen molar-refractivity contribution in [2.75, 3.05) is 55.7 Å². The van der Waals surface area contributed by atoms with Crippen LogP contribution in [-0.2, 0) is 14.8 Å². The van der Waals surface area contributed by atoms with Crippen LogP contribution in [0.4, 0.5) is 11.4 Å². The molecule has 1 amide bonds. The summed E-state index contributed by atoms with van der Waals surface area (Å²) < 4.78 is 38.5. The number of anilines is 2. The summed E-state index contributed by atoms with van der Waals surface area (Å²) in [7, 11) is -2.08. The molecule has 2 aromatic rings. The van der Waals surface area contributed by atoms with Crippen LogP contribution >= 0.6 is 0 Å². The summed E-state index contributed by atoms with van der Waals surface area (Å²) in [5.41, 5.74) is 2.16. The van der Waals surface area contributed by atoms with Gasteiger partial charge in [-0.3, -0.25) is 14.4 Å². The molecule has 0 spiro atoms. The molecule has 31 heavy (non-hydrogen) atoms. The van der Waals surface area contributed by atoms with Gasteiger partial charge in [-0.1, -0.05) is 18.2 Å². The number of rotatable bonds is 9. The number of amides is 1. The lowest BCUT2D eigenvalue weighted by Gasteiger charge is -2.26. The number of nitrogens with zero attached hydrogens (tertiary/aromatic N) is 1. The van der Waals surface area contributed by atoms with Gasteiger partial charge in [-0.25, -0.2) is 8.42 Å². The van der Waals surface area contributed by atoms with Crippen LogP contribution in [0.25, 0.3) is 0 Å². The summed E-state index contributed by atoms with van der Waals surface area (Å²) in [6, 6.07) is 12.2. The van der Waals surface area contributed by atoms with Gasteiger partial charge in [0.05, 0.1) is 31.8 Å². The molecule has 1 aliphatic heterocycles. The summed E-state index contributed by atoms with van der Waals surface area (Å²) in [6.07, 6.45) is 0.530. The van der Waals surface area contributed by atoms with Gasteiger partial charge < -0.3 is 14.8 Å². The van der Waals surface area contributed by atoms with Crippen molar-refractivity contribution in [3.8, 4) is 5.75 Å². The Morgan fingerprint density at radius 2 is 1.84 bits per heavy atom. The first-order valence-corrected chi connectivity index (χ1v) is 11.9. The normalized spacial score (nSPS) is 14.8. The van der Waals surface area contributed by atoms with Crippen LogP contribution in [0.1, 0.15) is 22.3 Å². The molecule has 0 unspecified atom stereocenters. The molecule has 8 nitrogen and oxygen atoms in total. The standard InChI is InChI=1S/C22H29N3O5S/c1-17-15-20(24-31(27,28)14-6-9-25-10-12-30-13-11-25)21(29-2)16-19(17)23-22(26)18-7-4-3-5-8-18/h3-5,7-8,15-16,24H,6,9-14H2,1-2H3,(H,23,26). The van der Waals surface area contributed by atoms with E-state index in [-0.39, 0.29) is 11.7 Å². The summed E-state index contributed by atoms with van der Waals surface area (Å²) in [6.45, 7) is 5.55. The number of aryl methyl sites for hydroxylation is 1. The number of carbonyl (C=O) groups is 1. The highest BCUT2D eigenvalue weighted by molar-refractivity contribution is 7.92. The van der Waals surface area contributed by atoms with Crippen molar-refractivity contribution < 1.29 is 22.7 Å². The van der Waals surface area contributed by atoms with Crippen molar-refractivity contribution in [2.45, 2.75) is 13.3 Å². The van der Waals surface area contributed by atoms with E-state index in [1.807, 2.05) is 6.07 Å².